The number of hydrogen-bond acceptors (Lipinski definition) is 8. The van der Waals surface area contributed by atoms with Crippen molar-refractivity contribution in [3.63, 3.8) is 0 Å². The molecule has 9 heteroatoms. The first-order valence-corrected chi connectivity index (χ1v) is 9.65. The number of ether oxygens (including phenoxy) is 2. The van der Waals surface area contributed by atoms with E-state index in [1.54, 1.807) is 19.4 Å². The average Bonchev–Trinajstić information content (AvgIpc) is 3.39. The summed E-state index contributed by atoms with van der Waals surface area (Å²) < 4.78 is 20.3. The number of nitrogens with zero attached hydrogens (tertiary/aromatic N) is 3. The summed E-state index contributed by atoms with van der Waals surface area (Å²) in [6.07, 6.45) is 1.55. The van der Waals surface area contributed by atoms with Crippen molar-refractivity contribution in [2.75, 3.05) is 38.7 Å². The molecule has 8 nitrogen and oxygen atoms in total. The van der Waals surface area contributed by atoms with Crippen LogP contribution < -0.4 is 10.1 Å². The highest BCUT2D eigenvalue weighted by molar-refractivity contribution is 7.09. The van der Waals surface area contributed by atoms with Crippen LogP contribution in [0.1, 0.15) is 16.4 Å². The zero-order valence-electron chi connectivity index (χ0n) is 15.4. The smallest absolute Gasteiger partial charge is 0.293 e. The molecule has 4 rings (SSSR count). The van der Waals surface area contributed by atoms with Crippen molar-refractivity contribution >= 4 is 22.6 Å². The highest BCUT2D eigenvalue weighted by Gasteiger charge is 2.17. The molecule has 1 aliphatic rings. The summed E-state index contributed by atoms with van der Waals surface area (Å²) in [7, 11) is 1.61. The van der Waals surface area contributed by atoms with E-state index in [0.29, 0.717) is 17.5 Å². The molecule has 0 spiro atoms. The van der Waals surface area contributed by atoms with Crippen LogP contribution in [0.2, 0.25) is 0 Å². The summed E-state index contributed by atoms with van der Waals surface area (Å²) in [6.45, 7) is 3.82. The number of carbonyl (C=O) groups is 1. The second-order valence-corrected chi connectivity index (χ2v) is 7.04. The summed E-state index contributed by atoms with van der Waals surface area (Å²) in [6, 6.07) is 9.26. The summed E-state index contributed by atoms with van der Waals surface area (Å²) in [5.41, 5.74) is 1.71. The maximum Gasteiger partial charge on any atom is 0.293 e. The highest BCUT2D eigenvalue weighted by atomic mass is 32.1. The number of carbonyl (C=O) groups excluding carboxylic acids is 1. The molecule has 2 aromatic heterocycles. The fourth-order valence-corrected chi connectivity index (χ4v) is 3.47. The molecule has 3 heterocycles. The third kappa shape index (κ3) is 4.38. The van der Waals surface area contributed by atoms with Gasteiger partial charge in [-0.05, 0) is 23.8 Å². The van der Waals surface area contributed by atoms with Crippen LogP contribution in [-0.4, -0.2) is 53.6 Å². The van der Waals surface area contributed by atoms with E-state index in [1.165, 1.54) is 0 Å². The second-order valence-electron chi connectivity index (χ2n) is 6.29. The largest absolute Gasteiger partial charge is 0.497 e. The molecule has 1 fully saturated rings. The third-order valence-corrected chi connectivity index (χ3v) is 5.05. The maximum atomic E-state index is 12.5. The average molecular weight is 400 g/mol. The number of anilines is 1. The standard InChI is InChI=1S/C19H20N4O4S/c1-25-15-4-2-3-13(9-15)14-10-16(27-12-14)18(24)21-19-20-17(22-28-19)11-23-5-7-26-8-6-23/h2-4,9-10,12H,5-8,11H2,1H3,(H,20,21,22,24). The first-order valence-electron chi connectivity index (χ1n) is 8.88. The summed E-state index contributed by atoms with van der Waals surface area (Å²) in [5.74, 6) is 1.29. The number of benzene rings is 1. The molecule has 146 valence electrons. The first kappa shape index (κ1) is 18.6. The number of rotatable bonds is 6. The Morgan fingerprint density at radius 2 is 2.14 bits per heavy atom. The number of morpholine rings is 1. The number of nitrogens with one attached hydrogen (secondary N) is 1. The van der Waals surface area contributed by atoms with E-state index in [-0.39, 0.29) is 11.7 Å². The molecule has 0 unspecified atom stereocenters. The van der Waals surface area contributed by atoms with Crippen molar-refractivity contribution in [3.8, 4) is 16.9 Å². The van der Waals surface area contributed by atoms with Crippen molar-refractivity contribution in [3.05, 3.63) is 48.2 Å². The van der Waals surface area contributed by atoms with Crippen LogP contribution in [0.4, 0.5) is 5.13 Å². The minimum absolute atomic E-state index is 0.211. The fraction of sp³-hybridized carbons (Fsp3) is 0.316. The van der Waals surface area contributed by atoms with E-state index in [2.05, 4.69) is 19.6 Å². The predicted octanol–water partition coefficient (Wildman–Crippen LogP) is 2.89. The fourth-order valence-electron chi connectivity index (χ4n) is 2.90. The van der Waals surface area contributed by atoms with Crippen molar-refractivity contribution in [2.45, 2.75) is 6.54 Å². The van der Waals surface area contributed by atoms with Gasteiger partial charge < -0.3 is 13.9 Å². The predicted molar refractivity (Wildman–Crippen MR) is 105 cm³/mol. The van der Waals surface area contributed by atoms with Gasteiger partial charge in [0.25, 0.3) is 5.91 Å². The molecule has 0 bridgehead atoms. The first-order chi connectivity index (χ1) is 13.7. The van der Waals surface area contributed by atoms with E-state index in [0.717, 1.165) is 54.7 Å². The van der Waals surface area contributed by atoms with Crippen LogP contribution in [0.15, 0.2) is 41.0 Å². The van der Waals surface area contributed by atoms with E-state index >= 15 is 0 Å². The number of aromatic nitrogens is 2. The Morgan fingerprint density at radius 1 is 1.29 bits per heavy atom. The molecule has 1 saturated heterocycles. The van der Waals surface area contributed by atoms with Crippen LogP contribution in [0, 0.1) is 0 Å². The van der Waals surface area contributed by atoms with Crippen LogP contribution >= 0.6 is 11.5 Å². The molecule has 1 aliphatic heterocycles. The van der Waals surface area contributed by atoms with E-state index in [9.17, 15) is 4.79 Å². The van der Waals surface area contributed by atoms with Gasteiger partial charge in [-0.1, -0.05) is 12.1 Å². The second kappa shape index (κ2) is 8.51. The van der Waals surface area contributed by atoms with E-state index in [4.69, 9.17) is 13.9 Å². The molecular weight excluding hydrogens is 380 g/mol. The summed E-state index contributed by atoms with van der Waals surface area (Å²) in [5, 5.41) is 3.20. The monoisotopic (exact) mass is 400 g/mol. The van der Waals surface area contributed by atoms with Gasteiger partial charge in [-0.2, -0.15) is 4.37 Å². The van der Waals surface area contributed by atoms with Gasteiger partial charge in [-0.15, -0.1) is 0 Å². The normalized spacial score (nSPS) is 14.8. The molecule has 0 aliphatic carbocycles. The summed E-state index contributed by atoms with van der Waals surface area (Å²) >= 11 is 1.16. The maximum absolute atomic E-state index is 12.5. The Labute approximate surface area is 166 Å². The summed E-state index contributed by atoms with van der Waals surface area (Å²) in [4.78, 5) is 19.1. The minimum atomic E-state index is -0.358. The molecule has 0 atom stereocenters. The number of furan rings is 1. The number of amides is 1. The van der Waals surface area contributed by atoms with Crippen molar-refractivity contribution in [1.82, 2.24) is 14.3 Å². The Bertz CT molecular complexity index is 949. The quantitative estimate of drug-likeness (QED) is 0.680. The van der Waals surface area contributed by atoms with Gasteiger partial charge in [0, 0.05) is 30.2 Å². The molecule has 1 amide bonds. The topological polar surface area (TPSA) is 89.7 Å². The lowest BCUT2D eigenvalue weighted by molar-refractivity contribution is 0.0332. The van der Waals surface area contributed by atoms with Crippen molar-refractivity contribution in [2.24, 2.45) is 0 Å². The molecule has 0 radical (unpaired) electrons. The zero-order valence-corrected chi connectivity index (χ0v) is 16.2. The highest BCUT2D eigenvalue weighted by Crippen LogP contribution is 2.26. The molecule has 3 aromatic rings. The Balaban J connectivity index is 1.39. The number of hydrogen-bond donors (Lipinski definition) is 1. The Morgan fingerprint density at radius 3 is 2.96 bits per heavy atom. The molecular formula is C19H20N4O4S. The molecule has 0 saturated carbocycles. The van der Waals surface area contributed by atoms with Gasteiger partial charge in [0.15, 0.2) is 11.6 Å². The third-order valence-electron chi connectivity index (χ3n) is 4.38. The number of methoxy groups -OCH3 is 1. The van der Waals surface area contributed by atoms with Crippen molar-refractivity contribution in [1.29, 1.82) is 0 Å². The minimum Gasteiger partial charge on any atom is -0.497 e. The zero-order chi connectivity index (χ0) is 19.3. The van der Waals surface area contributed by atoms with Gasteiger partial charge >= 0.3 is 0 Å². The van der Waals surface area contributed by atoms with Crippen LogP contribution in [-0.2, 0) is 11.3 Å². The van der Waals surface area contributed by atoms with Gasteiger partial charge in [0.2, 0.25) is 5.13 Å². The van der Waals surface area contributed by atoms with Gasteiger partial charge in [0.05, 0.1) is 33.1 Å². The van der Waals surface area contributed by atoms with Crippen LogP contribution in [0.5, 0.6) is 5.75 Å². The van der Waals surface area contributed by atoms with E-state index in [1.807, 2.05) is 24.3 Å². The SMILES string of the molecule is COc1cccc(-c2coc(C(=O)Nc3nc(CN4CCOCC4)ns3)c2)c1. The molecule has 28 heavy (non-hydrogen) atoms. The lowest BCUT2D eigenvalue weighted by Gasteiger charge is -2.25. The molecule has 1 N–H and O–H groups in total. The van der Waals surface area contributed by atoms with Crippen LogP contribution in [0.25, 0.3) is 11.1 Å². The Kier molecular flexibility index (Phi) is 5.65. The van der Waals surface area contributed by atoms with Crippen molar-refractivity contribution < 1.29 is 18.7 Å². The Hall–Kier alpha value is -2.75. The molecule has 1 aromatic carbocycles. The van der Waals surface area contributed by atoms with Crippen LogP contribution in [0.3, 0.4) is 0 Å². The van der Waals surface area contributed by atoms with Gasteiger partial charge in [-0.25, -0.2) is 4.98 Å². The van der Waals surface area contributed by atoms with E-state index < -0.39 is 0 Å². The lowest BCUT2D eigenvalue weighted by atomic mass is 10.1. The van der Waals surface area contributed by atoms with Gasteiger partial charge in [-0.3, -0.25) is 15.0 Å². The lowest BCUT2D eigenvalue weighted by Crippen LogP contribution is -2.35. The van der Waals surface area contributed by atoms with Gasteiger partial charge in [0.1, 0.15) is 5.75 Å².